The molecule has 2 aliphatic rings. The van der Waals surface area contributed by atoms with Crippen LogP contribution in [0.15, 0.2) is 12.1 Å². The van der Waals surface area contributed by atoms with E-state index in [1.807, 2.05) is 6.07 Å². The Morgan fingerprint density at radius 3 is 2.88 bits per heavy atom. The molecule has 16 heavy (non-hydrogen) atoms. The molecule has 6 heteroatoms. The second kappa shape index (κ2) is 3.05. The first kappa shape index (κ1) is 9.80. The van der Waals surface area contributed by atoms with Gasteiger partial charge in [0.05, 0.1) is 12.1 Å². The van der Waals surface area contributed by atoms with Crippen molar-refractivity contribution in [3.8, 4) is 0 Å². The van der Waals surface area contributed by atoms with Crippen molar-refractivity contribution in [3.63, 3.8) is 0 Å². The molecule has 82 valence electrons. The lowest BCUT2D eigenvalue weighted by atomic mass is 10.0. The number of nitrogens with one attached hydrogen (secondary N) is 2. The van der Waals surface area contributed by atoms with E-state index in [1.54, 1.807) is 6.07 Å². The minimum Gasteiger partial charge on any atom is -0.293 e. The molecule has 2 radical (unpaired) electrons. The van der Waals surface area contributed by atoms with Crippen LogP contribution in [-0.4, -0.2) is 14.2 Å². The van der Waals surface area contributed by atoms with Crippen molar-refractivity contribution in [2.45, 2.75) is 13.0 Å². The molecule has 2 N–H and O–H groups in total. The minimum atomic E-state index is -3.46. The summed E-state index contributed by atoms with van der Waals surface area (Å²) < 4.78 is 27.3. The maximum Gasteiger partial charge on any atom is 0.299 e. The highest BCUT2D eigenvalue weighted by atomic mass is 32.2. The van der Waals surface area contributed by atoms with Crippen LogP contribution >= 0.6 is 0 Å². The summed E-state index contributed by atoms with van der Waals surface area (Å²) in [6.45, 7) is 0.256. The smallest absolute Gasteiger partial charge is 0.293 e. The molecule has 1 aliphatic heterocycles. The van der Waals surface area contributed by atoms with E-state index in [1.165, 1.54) is 0 Å². The lowest BCUT2D eigenvalue weighted by Gasteiger charge is -2.20. The fraction of sp³-hybridized carbons (Fsp3) is 0.200. The van der Waals surface area contributed by atoms with Gasteiger partial charge < -0.3 is 0 Å². The highest BCUT2D eigenvalue weighted by molar-refractivity contribution is 7.90. The number of carbonyl (C=O) groups excluding carboxylic acids is 1. The summed E-state index contributed by atoms with van der Waals surface area (Å²) in [4.78, 5) is 11.4. The van der Waals surface area contributed by atoms with Crippen LogP contribution in [0.2, 0.25) is 0 Å². The number of anilines is 1. The molecule has 1 aromatic carbocycles. The molecule has 1 heterocycles. The van der Waals surface area contributed by atoms with Gasteiger partial charge in [0.25, 0.3) is 10.2 Å². The van der Waals surface area contributed by atoms with Crippen molar-refractivity contribution in [2.24, 2.45) is 0 Å². The zero-order chi connectivity index (χ0) is 11.3. The van der Waals surface area contributed by atoms with E-state index in [4.69, 9.17) is 0 Å². The van der Waals surface area contributed by atoms with E-state index in [0.29, 0.717) is 17.7 Å². The quantitative estimate of drug-likeness (QED) is 0.678. The maximum atomic E-state index is 11.4. The molecule has 0 aromatic heterocycles. The Kier molecular flexibility index (Phi) is 1.87. The monoisotopic (exact) mass is 236 g/mol. The second-order valence-electron chi connectivity index (χ2n) is 3.78. The second-order valence-corrected chi connectivity index (χ2v) is 5.28. The Labute approximate surface area is 93.0 Å². The average Bonchev–Trinajstić information content (AvgIpc) is 2.56. The van der Waals surface area contributed by atoms with Gasteiger partial charge in [-0.1, -0.05) is 6.07 Å². The number of carbonyl (C=O) groups is 1. The van der Waals surface area contributed by atoms with Gasteiger partial charge in [0.15, 0.2) is 5.78 Å². The highest BCUT2D eigenvalue weighted by Crippen LogP contribution is 2.30. The van der Waals surface area contributed by atoms with Crippen LogP contribution in [0.3, 0.4) is 0 Å². The topological polar surface area (TPSA) is 75.3 Å². The standard InChI is InChI=1S/C10H8N2O3S/c13-10-2-1-6-3-7-5-11-16(14,15)12-9(7)4-8(6)10/h3-4,11-12H,1,5H2. The predicted octanol–water partition coefficient (Wildman–Crippen LogP) is 0.267. The van der Waals surface area contributed by atoms with E-state index in [2.05, 4.69) is 15.9 Å². The van der Waals surface area contributed by atoms with Crippen LogP contribution < -0.4 is 9.44 Å². The van der Waals surface area contributed by atoms with Crippen LogP contribution in [0.1, 0.15) is 21.5 Å². The van der Waals surface area contributed by atoms with Gasteiger partial charge in [-0.25, -0.2) is 0 Å². The van der Waals surface area contributed by atoms with Crippen LogP contribution in [-0.2, 0) is 23.2 Å². The number of benzene rings is 1. The molecule has 0 bridgehead atoms. The van der Waals surface area contributed by atoms with Crippen molar-refractivity contribution in [1.82, 2.24) is 4.72 Å². The van der Waals surface area contributed by atoms with Gasteiger partial charge in [-0.3, -0.25) is 9.52 Å². The SMILES string of the molecule is O=C1[C]Cc2cc3c(cc21)NS(=O)(=O)NC3. The van der Waals surface area contributed by atoms with E-state index in [9.17, 15) is 13.2 Å². The van der Waals surface area contributed by atoms with Crippen molar-refractivity contribution >= 4 is 21.7 Å². The molecule has 0 unspecified atom stereocenters. The van der Waals surface area contributed by atoms with Crippen LogP contribution in [0.5, 0.6) is 0 Å². The van der Waals surface area contributed by atoms with E-state index in [0.717, 1.165) is 11.1 Å². The normalized spacial score (nSPS) is 21.1. The first-order valence-corrected chi connectivity index (χ1v) is 6.25. The van der Waals surface area contributed by atoms with Crippen LogP contribution in [0, 0.1) is 6.42 Å². The summed E-state index contributed by atoms with van der Waals surface area (Å²) in [6.07, 6.45) is 3.20. The number of fused-ring (bicyclic) bond motifs is 2. The van der Waals surface area contributed by atoms with Crippen LogP contribution in [0.4, 0.5) is 5.69 Å². The van der Waals surface area contributed by atoms with Gasteiger partial charge in [0.2, 0.25) is 0 Å². The number of ketones is 1. The van der Waals surface area contributed by atoms with Gasteiger partial charge in [-0.15, -0.1) is 0 Å². The highest BCUT2D eigenvalue weighted by Gasteiger charge is 2.26. The molecule has 0 saturated carbocycles. The summed E-state index contributed by atoms with van der Waals surface area (Å²) in [7, 11) is -3.46. The lowest BCUT2D eigenvalue weighted by Crippen LogP contribution is -2.34. The molecule has 0 amide bonds. The third-order valence-corrected chi connectivity index (χ3v) is 3.72. The fourth-order valence-electron chi connectivity index (χ4n) is 1.92. The van der Waals surface area contributed by atoms with Crippen molar-refractivity contribution in [2.75, 3.05) is 4.72 Å². The Morgan fingerprint density at radius 1 is 1.25 bits per heavy atom. The first-order valence-electron chi connectivity index (χ1n) is 4.76. The lowest BCUT2D eigenvalue weighted by molar-refractivity contribution is 0.103. The molecule has 0 atom stereocenters. The molecule has 1 aromatic rings. The minimum absolute atomic E-state index is 0.157. The molecule has 0 spiro atoms. The summed E-state index contributed by atoms with van der Waals surface area (Å²) in [5.41, 5.74) is 2.79. The molecule has 5 nitrogen and oxygen atoms in total. The Balaban J connectivity index is 2.15. The van der Waals surface area contributed by atoms with Crippen molar-refractivity contribution < 1.29 is 13.2 Å². The first-order chi connectivity index (χ1) is 7.55. The molecule has 0 fully saturated rings. The van der Waals surface area contributed by atoms with Gasteiger partial charge in [0, 0.05) is 12.1 Å². The van der Waals surface area contributed by atoms with Crippen molar-refractivity contribution in [1.29, 1.82) is 0 Å². The summed E-state index contributed by atoms with van der Waals surface area (Å²) in [5.74, 6) is -0.157. The van der Waals surface area contributed by atoms with Crippen LogP contribution in [0.25, 0.3) is 0 Å². The number of hydrogen-bond acceptors (Lipinski definition) is 3. The van der Waals surface area contributed by atoms with Gasteiger partial charge in [-0.05, 0) is 23.6 Å². The summed E-state index contributed by atoms with van der Waals surface area (Å²) in [6, 6.07) is 3.43. The zero-order valence-corrected chi connectivity index (χ0v) is 9.02. The number of hydrogen-bond donors (Lipinski definition) is 2. The van der Waals surface area contributed by atoms with Crippen molar-refractivity contribution in [3.05, 3.63) is 35.2 Å². The molecule has 3 rings (SSSR count). The van der Waals surface area contributed by atoms with E-state index >= 15 is 0 Å². The zero-order valence-electron chi connectivity index (χ0n) is 8.20. The third kappa shape index (κ3) is 1.42. The molecule has 1 aliphatic carbocycles. The Morgan fingerprint density at radius 2 is 2.06 bits per heavy atom. The van der Waals surface area contributed by atoms with E-state index < -0.39 is 10.2 Å². The molecular weight excluding hydrogens is 228 g/mol. The summed E-state index contributed by atoms with van der Waals surface area (Å²) >= 11 is 0. The average molecular weight is 236 g/mol. The van der Waals surface area contributed by atoms with E-state index in [-0.39, 0.29) is 12.3 Å². The molecule has 0 saturated heterocycles. The fourth-order valence-corrected chi connectivity index (χ4v) is 2.82. The largest absolute Gasteiger partial charge is 0.299 e. The Hall–Kier alpha value is -1.40. The van der Waals surface area contributed by atoms with Gasteiger partial charge in [-0.2, -0.15) is 13.1 Å². The van der Waals surface area contributed by atoms with Gasteiger partial charge >= 0.3 is 0 Å². The number of rotatable bonds is 0. The predicted molar refractivity (Wildman–Crippen MR) is 57.1 cm³/mol. The third-order valence-electron chi connectivity index (χ3n) is 2.71. The summed E-state index contributed by atoms with van der Waals surface area (Å²) in [5, 5.41) is 0. The molecular formula is C10H8N2O3S. The maximum absolute atomic E-state index is 11.4. The number of Topliss-reactive ketones (excluding diaryl/α,β-unsaturated/α-hetero) is 1. The Bertz CT molecular complexity index is 592. The van der Waals surface area contributed by atoms with Gasteiger partial charge in [0.1, 0.15) is 0 Å².